The molecule has 1 nitrogen and oxygen atoms in total. The van der Waals surface area contributed by atoms with Gasteiger partial charge in [-0.3, -0.25) is 0 Å². The second-order valence-corrected chi connectivity index (χ2v) is 5.35. The van der Waals surface area contributed by atoms with Crippen LogP contribution < -0.4 is 5.32 Å². The molecule has 0 aliphatic carbocycles. The highest BCUT2D eigenvalue weighted by Crippen LogP contribution is 2.17. The van der Waals surface area contributed by atoms with E-state index in [1.807, 2.05) is 0 Å². The normalized spacial score (nSPS) is 14.6. The van der Waals surface area contributed by atoms with Crippen LogP contribution >= 0.6 is 0 Å². The van der Waals surface area contributed by atoms with Gasteiger partial charge in [0.1, 0.15) is 0 Å². The topological polar surface area (TPSA) is 12.0 Å². The van der Waals surface area contributed by atoms with Crippen LogP contribution in [-0.2, 0) is 6.42 Å². The van der Waals surface area contributed by atoms with Crippen molar-refractivity contribution in [1.82, 2.24) is 5.32 Å². The molecule has 1 rings (SSSR count). The second kappa shape index (κ2) is 7.50. The molecule has 0 bridgehead atoms. The van der Waals surface area contributed by atoms with E-state index < -0.39 is 0 Å². The molecule has 0 amide bonds. The smallest absolute Gasteiger partial charge is 0.00205 e. The number of aryl methyl sites for hydroxylation is 1. The van der Waals surface area contributed by atoms with E-state index in [9.17, 15) is 0 Å². The van der Waals surface area contributed by atoms with Crippen molar-refractivity contribution in [3.05, 3.63) is 35.4 Å². The maximum atomic E-state index is 3.51. The zero-order valence-electron chi connectivity index (χ0n) is 11.8. The van der Waals surface area contributed by atoms with Crippen LogP contribution in [-0.4, -0.2) is 13.1 Å². The Morgan fingerprint density at radius 1 is 1.18 bits per heavy atom. The predicted molar refractivity (Wildman–Crippen MR) is 76.4 cm³/mol. The third-order valence-corrected chi connectivity index (χ3v) is 3.50. The Morgan fingerprint density at radius 3 is 2.59 bits per heavy atom. The first-order valence-corrected chi connectivity index (χ1v) is 6.89. The molecule has 0 aliphatic rings. The van der Waals surface area contributed by atoms with Crippen LogP contribution in [0.4, 0.5) is 0 Å². The monoisotopic (exact) mass is 233 g/mol. The molecule has 0 heterocycles. The van der Waals surface area contributed by atoms with Crippen molar-refractivity contribution in [1.29, 1.82) is 0 Å². The van der Waals surface area contributed by atoms with Gasteiger partial charge in [-0.15, -0.1) is 0 Å². The molecule has 2 unspecified atom stereocenters. The first-order chi connectivity index (χ1) is 8.13. The van der Waals surface area contributed by atoms with E-state index >= 15 is 0 Å². The van der Waals surface area contributed by atoms with Crippen LogP contribution in [0.15, 0.2) is 24.3 Å². The minimum atomic E-state index is 0.737. The summed E-state index contributed by atoms with van der Waals surface area (Å²) in [6, 6.07) is 8.89. The highest BCUT2D eigenvalue weighted by Gasteiger charge is 2.12. The van der Waals surface area contributed by atoms with E-state index in [1.54, 1.807) is 0 Å². The number of hydrogen-bond acceptors (Lipinski definition) is 1. The number of benzene rings is 1. The van der Waals surface area contributed by atoms with Crippen LogP contribution in [0.5, 0.6) is 0 Å². The number of nitrogens with one attached hydrogen (secondary N) is 1. The molecule has 1 N–H and O–H groups in total. The molecule has 17 heavy (non-hydrogen) atoms. The van der Waals surface area contributed by atoms with Gasteiger partial charge in [-0.25, -0.2) is 0 Å². The van der Waals surface area contributed by atoms with Gasteiger partial charge >= 0.3 is 0 Å². The minimum Gasteiger partial charge on any atom is -0.316 e. The second-order valence-electron chi connectivity index (χ2n) is 5.35. The lowest BCUT2D eigenvalue weighted by molar-refractivity contribution is 0.365. The molecule has 96 valence electrons. The molecule has 0 aliphatic heterocycles. The molecular formula is C16H27N. The molecule has 0 fully saturated rings. The summed E-state index contributed by atoms with van der Waals surface area (Å²) >= 11 is 0. The Hall–Kier alpha value is -0.820. The van der Waals surface area contributed by atoms with Gasteiger partial charge in [-0.2, -0.15) is 0 Å². The van der Waals surface area contributed by atoms with Crippen molar-refractivity contribution < 1.29 is 0 Å². The fraction of sp³-hybridized carbons (Fsp3) is 0.625. The first-order valence-electron chi connectivity index (χ1n) is 6.89. The summed E-state index contributed by atoms with van der Waals surface area (Å²) in [7, 11) is 0. The zero-order valence-corrected chi connectivity index (χ0v) is 11.8. The third kappa shape index (κ3) is 5.36. The van der Waals surface area contributed by atoms with Crippen LogP contribution in [0.25, 0.3) is 0 Å². The van der Waals surface area contributed by atoms with Gasteiger partial charge in [0, 0.05) is 0 Å². The van der Waals surface area contributed by atoms with Crippen molar-refractivity contribution in [3.63, 3.8) is 0 Å². The minimum absolute atomic E-state index is 0.737. The average Bonchev–Trinajstić information content (AvgIpc) is 2.29. The Labute approximate surface area is 107 Å². The van der Waals surface area contributed by atoms with E-state index in [0.29, 0.717) is 0 Å². The first kappa shape index (κ1) is 14.2. The summed E-state index contributed by atoms with van der Waals surface area (Å²) in [5.41, 5.74) is 2.84. The summed E-state index contributed by atoms with van der Waals surface area (Å²) in [5.74, 6) is 1.48. The van der Waals surface area contributed by atoms with Crippen molar-refractivity contribution in [2.75, 3.05) is 13.1 Å². The summed E-state index contributed by atoms with van der Waals surface area (Å²) in [4.78, 5) is 0. The number of rotatable bonds is 7. The lowest BCUT2D eigenvalue weighted by Crippen LogP contribution is -2.26. The van der Waals surface area contributed by atoms with Gasteiger partial charge in [-0.1, -0.05) is 50.6 Å². The molecule has 0 saturated heterocycles. The molecule has 1 aromatic rings. The maximum Gasteiger partial charge on any atom is -0.00205 e. The molecule has 1 aromatic carbocycles. The van der Waals surface area contributed by atoms with Gasteiger partial charge in [0.25, 0.3) is 0 Å². The predicted octanol–water partition coefficient (Wildman–Crippen LogP) is 3.81. The van der Waals surface area contributed by atoms with E-state index in [0.717, 1.165) is 24.9 Å². The van der Waals surface area contributed by atoms with Gasteiger partial charge in [0.15, 0.2) is 0 Å². The lowest BCUT2D eigenvalue weighted by Gasteiger charge is -2.20. The van der Waals surface area contributed by atoms with Crippen molar-refractivity contribution >= 4 is 0 Å². The summed E-state index contributed by atoms with van der Waals surface area (Å²) < 4.78 is 0. The van der Waals surface area contributed by atoms with Gasteiger partial charge < -0.3 is 5.32 Å². The van der Waals surface area contributed by atoms with E-state index in [1.165, 1.54) is 24.0 Å². The lowest BCUT2D eigenvalue weighted by atomic mass is 9.89. The quantitative estimate of drug-likeness (QED) is 0.706. The van der Waals surface area contributed by atoms with Crippen LogP contribution in [0.2, 0.25) is 0 Å². The van der Waals surface area contributed by atoms with Crippen molar-refractivity contribution in [2.24, 2.45) is 11.8 Å². The molecule has 2 atom stereocenters. The summed E-state index contributed by atoms with van der Waals surface area (Å²) in [5, 5.41) is 3.51. The fourth-order valence-electron chi connectivity index (χ4n) is 2.12. The Balaban J connectivity index is 2.39. The van der Waals surface area contributed by atoms with Crippen LogP contribution in [0.3, 0.4) is 0 Å². The van der Waals surface area contributed by atoms with E-state index in [-0.39, 0.29) is 0 Å². The molecule has 0 radical (unpaired) electrons. The zero-order chi connectivity index (χ0) is 12.7. The average molecular weight is 233 g/mol. The standard InChI is InChI=1S/C16H27N/c1-5-9-17-12-15(4)14(3)11-16-8-6-7-13(2)10-16/h6-8,10,14-15,17H,5,9,11-12H2,1-4H3. The van der Waals surface area contributed by atoms with Gasteiger partial charge in [0.05, 0.1) is 0 Å². The van der Waals surface area contributed by atoms with E-state index in [2.05, 4.69) is 57.3 Å². The maximum absolute atomic E-state index is 3.51. The summed E-state index contributed by atoms with van der Waals surface area (Å²) in [6.45, 7) is 11.4. The molecular weight excluding hydrogens is 206 g/mol. The molecule has 0 spiro atoms. The molecule has 0 aromatic heterocycles. The third-order valence-electron chi connectivity index (χ3n) is 3.50. The Kier molecular flexibility index (Phi) is 6.28. The van der Waals surface area contributed by atoms with Crippen LogP contribution in [0, 0.1) is 18.8 Å². The Morgan fingerprint density at radius 2 is 1.94 bits per heavy atom. The van der Waals surface area contributed by atoms with Crippen LogP contribution in [0.1, 0.15) is 38.3 Å². The number of hydrogen-bond donors (Lipinski definition) is 1. The van der Waals surface area contributed by atoms with Gasteiger partial charge in [0.2, 0.25) is 0 Å². The SMILES string of the molecule is CCCNCC(C)C(C)Cc1cccc(C)c1. The van der Waals surface area contributed by atoms with Gasteiger partial charge in [-0.05, 0) is 50.3 Å². The highest BCUT2D eigenvalue weighted by atomic mass is 14.8. The largest absolute Gasteiger partial charge is 0.316 e. The fourth-order valence-corrected chi connectivity index (χ4v) is 2.12. The Bertz CT molecular complexity index is 319. The van der Waals surface area contributed by atoms with Crippen molar-refractivity contribution in [2.45, 2.75) is 40.5 Å². The van der Waals surface area contributed by atoms with E-state index in [4.69, 9.17) is 0 Å². The highest BCUT2D eigenvalue weighted by molar-refractivity contribution is 5.22. The van der Waals surface area contributed by atoms with Crippen molar-refractivity contribution in [3.8, 4) is 0 Å². The molecule has 0 saturated carbocycles. The summed E-state index contributed by atoms with van der Waals surface area (Å²) in [6.07, 6.45) is 2.41. The molecule has 1 heteroatoms.